The molecule has 33 heavy (non-hydrogen) atoms. The zero-order chi connectivity index (χ0) is 23.8. The van der Waals surface area contributed by atoms with E-state index in [9.17, 15) is 9.59 Å². The molecule has 0 saturated carbocycles. The van der Waals surface area contributed by atoms with Crippen LogP contribution in [0.5, 0.6) is 5.88 Å². The molecular formula is C24H27N5O4. The van der Waals surface area contributed by atoms with E-state index in [0.29, 0.717) is 35.1 Å². The van der Waals surface area contributed by atoms with Gasteiger partial charge in [0.2, 0.25) is 5.88 Å². The fourth-order valence-corrected chi connectivity index (χ4v) is 2.89. The average Bonchev–Trinajstić information content (AvgIpc) is 2.80. The molecule has 0 radical (unpaired) electrons. The number of anilines is 3. The second kappa shape index (κ2) is 11.0. The normalized spacial score (nSPS) is 10.5. The van der Waals surface area contributed by atoms with E-state index in [1.807, 2.05) is 31.1 Å². The van der Waals surface area contributed by atoms with E-state index in [2.05, 4.69) is 15.6 Å². The van der Waals surface area contributed by atoms with Crippen LogP contribution >= 0.6 is 0 Å². The molecule has 0 fully saturated rings. The van der Waals surface area contributed by atoms with Crippen LogP contribution in [0.3, 0.4) is 0 Å². The van der Waals surface area contributed by atoms with Crippen LogP contribution in [0.15, 0.2) is 60.8 Å². The Balaban J connectivity index is 1.64. The largest absolute Gasteiger partial charge is 0.481 e. The maximum absolute atomic E-state index is 12.7. The SMILES string of the molecule is COc1ccc(-c2ccc(N)c(NC(=O)c3ccc(NC(=O)OCCN(C)C)cc3)c2)cn1. The number of amides is 2. The molecule has 0 unspecified atom stereocenters. The van der Waals surface area contributed by atoms with Gasteiger partial charge in [0.15, 0.2) is 0 Å². The molecular weight excluding hydrogens is 422 g/mol. The van der Waals surface area contributed by atoms with Gasteiger partial charge in [0, 0.05) is 35.6 Å². The third kappa shape index (κ3) is 6.68. The van der Waals surface area contributed by atoms with Crippen LogP contribution in [0.25, 0.3) is 11.1 Å². The smallest absolute Gasteiger partial charge is 0.411 e. The molecule has 9 nitrogen and oxygen atoms in total. The lowest BCUT2D eigenvalue weighted by molar-refractivity contribution is 0.102. The molecule has 9 heteroatoms. The third-order valence-electron chi connectivity index (χ3n) is 4.75. The average molecular weight is 450 g/mol. The highest BCUT2D eigenvalue weighted by Crippen LogP contribution is 2.28. The van der Waals surface area contributed by atoms with Gasteiger partial charge < -0.3 is 25.4 Å². The topological polar surface area (TPSA) is 119 Å². The second-order valence-corrected chi connectivity index (χ2v) is 7.49. The van der Waals surface area contributed by atoms with Crippen LogP contribution in [-0.2, 0) is 4.74 Å². The summed E-state index contributed by atoms with van der Waals surface area (Å²) in [6, 6.07) is 15.5. The minimum atomic E-state index is -0.549. The number of nitrogen functional groups attached to an aromatic ring is 1. The maximum Gasteiger partial charge on any atom is 0.411 e. The molecule has 3 aromatic rings. The first-order valence-electron chi connectivity index (χ1n) is 10.3. The number of hydrogen-bond donors (Lipinski definition) is 3. The summed E-state index contributed by atoms with van der Waals surface area (Å²) in [5, 5.41) is 5.46. The molecule has 0 aliphatic carbocycles. The van der Waals surface area contributed by atoms with Crippen molar-refractivity contribution < 1.29 is 19.1 Å². The fraction of sp³-hybridized carbons (Fsp3) is 0.208. The van der Waals surface area contributed by atoms with Crippen LogP contribution in [0.2, 0.25) is 0 Å². The number of hydrogen-bond acceptors (Lipinski definition) is 7. The monoisotopic (exact) mass is 449 g/mol. The molecule has 1 aromatic heterocycles. The van der Waals surface area contributed by atoms with Gasteiger partial charge in [-0.2, -0.15) is 0 Å². The number of methoxy groups -OCH3 is 1. The summed E-state index contributed by atoms with van der Waals surface area (Å²) < 4.78 is 10.2. The minimum Gasteiger partial charge on any atom is -0.481 e. The molecule has 172 valence electrons. The van der Waals surface area contributed by atoms with Crippen molar-refractivity contribution >= 4 is 29.1 Å². The number of rotatable bonds is 8. The minimum absolute atomic E-state index is 0.284. The van der Waals surface area contributed by atoms with Crippen LogP contribution in [0, 0.1) is 0 Å². The van der Waals surface area contributed by atoms with Gasteiger partial charge in [-0.3, -0.25) is 10.1 Å². The first kappa shape index (κ1) is 23.6. The van der Waals surface area contributed by atoms with Crippen molar-refractivity contribution in [1.29, 1.82) is 0 Å². The van der Waals surface area contributed by atoms with E-state index in [0.717, 1.165) is 11.1 Å². The number of nitrogens with one attached hydrogen (secondary N) is 2. The van der Waals surface area contributed by atoms with Gasteiger partial charge in [0.05, 0.1) is 18.5 Å². The Hall–Kier alpha value is -4.11. The van der Waals surface area contributed by atoms with Crippen LogP contribution in [0.4, 0.5) is 21.9 Å². The maximum atomic E-state index is 12.7. The number of nitrogens with two attached hydrogens (primary N) is 1. The predicted octanol–water partition coefficient (Wildman–Crippen LogP) is 3.70. The highest BCUT2D eigenvalue weighted by atomic mass is 16.5. The van der Waals surface area contributed by atoms with Crippen LogP contribution in [-0.4, -0.2) is 56.2 Å². The van der Waals surface area contributed by atoms with Gasteiger partial charge in [-0.15, -0.1) is 0 Å². The zero-order valence-corrected chi connectivity index (χ0v) is 18.8. The molecule has 4 N–H and O–H groups in total. The summed E-state index contributed by atoms with van der Waals surface area (Å²) in [6.45, 7) is 0.915. The highest BCUT2D eigenvalue weighted by Gasteiger charge is 2.11. The molecule has 2 aromatic carbocycles. The quantitative estimate of drug-likeness (QED) is 0.449. The summed E-state index contributed by atoms with van der Waals surface area (Å²) in [4.78, 5) is 30.7. The first-order chi connectivity index (χ1) is 15.9. The van der Waals surface area contributed by atoms with Gasteiger partial charge >= 0.3 is 6.09 Å². The molecule has 0 saturated heterocycles. The fourth-order valence-electron chi connectivity index (χ4n) is 2.89. The van der Waals surface area contributed by atoms with E-state index in [4.69, 9.17) is 15.2 Å². The Morgan fingerprint density at radius 3 is 2.36 bits per heavy atom. The lowest BCUT2D eigenvalue weighted by Gasteiger charge is -2.12. The number of ether oxygens (including phenoxy) is 2. The molecule has 0 aliphatic rings. The lowest BCUT2D eigenvalue weighted by atomic mass is 10.1. The first-order valence-corrected chi connectivity index (χ1v) is 10.3. The van der Waals surface area contributed by atoms with E-state index < -0.39 is 6.09 Å². The van der Waals surface area contributed by atoms with Crippen molar-refractivity contribution in [1.82, 2.24) is 9.88 Å². The Morgan fingerprint density at radius 1 is 1.00 bits per heavy atom. The second-order valence-electron chi connectivity index (χ2n) is 7.49. The Kier molecular flexibility index (Phi) is 7.82. The molecule has 0 spiro atoms. The Morgan fingerprint density at radius 2 is 1.73 bits per heavy atom. The number of aromatic nitrogens is 1. The number of benzene rings is 2. The highest BCUT2D eigenvalue weighted by molar-refractivity contribution is 6.06. The van der Waals surface area contributed by atoms with Gasteiger partial charge in [0.1, 0.15) is 6.61 Å². The van der Waals surface area contributed by atoms with Crippen LogP contribution in [0.1, 0.15) is 10.4 Å². The third-order valence-corrected chi connectivity index (χ3v) is 4.75. The summed E-state index contributed by atoms with van der Waals surface area (Å²) in [5.41, 5.74) is 9.63. The number of carbonyl (C=O) groups excluding carboxylic acids is 2. The van der Waals surface area contributed by atoms with E-state index >= 15 is 0 Å². The van der Waals surface area contributed by atoms with Crippen molar-refractivity contribution in [2.24, 2.45) is 0 Å². The van der Waals surface area contributed by atoms with Gasteiger partial charge in [-0.1, -0.05) is 6.07 Å². The summed E-state index contributed by atoms with van der Waals surface area (Å²) in [5.74, 6) is 0.189. The predicted molar refractivity (Wildman–Crippen MR) is 129 cm³/mol. The number of likely N-dealkylation sites (N-methyl/N-ethyl adjacent to an activating group) is 1. The van der Waals surface area contributed by atoms with Crippen molar-refractivity contribution in [3.8, 4) is 17.0 Å². The molecule has 0 aliphatic heterocycles. The van der Waals surface area contributed by atoms with Crippen LogP contribution < -0.4 is 21.1 Å². The van der Waals surface area contributed by atoms with Crippen molar-refractivity contribution in [3.05, 3.63) is 66.4 Å². The Labute approximate surface area is 192 Å². The zero-order valence-electron chi connectivity index (χ0n) is 18.8. The molecule has 1 heterocycles. The van der Waals surface area contributed by atoms with Crippen molar-refractivity contribution in [2.75, 3.05) is 50.7 Å². The van der Waals surface area contributed by atoms with E-state index in [1.54, 1.807) is 55.8 Å². The number of nitrogens with zero attached hydrogens (tertiary/aromatic N) is 2. The lowest BCUT2D eigenvalue weighted by Crippen LogP contribution is -2.22. The standard InChI is InChI=1S/C24H27N5O4/c1-29(2)12-13-33-24(31)27-19-8-4-16(5-9-19)23(30)28-21-14-17(6-10-20(21)25)18-7-11-22(32-3)26-15-18/h4-11,14-15H,12-13,25H2,1-3H3,(H,27,31)(H,28,30). The Bertz CT molecular complexity index is 1100. The van der Waals surface area contributed by atoms with E-state index in [1.165, 1.54) is 0 Å². The van der Waals surface area contributed by atoms with Gasteiger partial charge in [0.25, 0.3) is 5.91 Å². The molecule has 0 bridgehead atoms. The number of pyridine rings is 1. The molecule has 3 rings (SSSR count). The van der Waals surface area contributed by atoms with Crippen molar-refractivity contribution in [3.63, 3.8) is 0 Å². The molecule has 0 atom stereocenters. The van der Waals surface area contributed by atoms with E-state index in [-0.39, 0.29) is 12.5 Å². The number of carbonyl (C=O) groups is 2. The molecule has 2 amide bonds. The van der Waals surface area contributed by atoms with Gasteiger partial charge in [-0.05, 0) is 62.1 Å². The summed E-state index contributed by atoms with van der Waals surface area (Å²) in [7, 11) is 5.34. The summed E-state index contributed by atoms with van der Waals surface area (Å²) >= 11 is 0. The summed E-state index contributed by atoms with van der Waals surface area (Å²) in [6.07, 6.45) is 1.14. The van der Waals surface area contributed by atoms with Crippen molar-refractivity contribution in [2.45, 2.75) is 0 Å². The van der Waals surface area contributed by atoms with Gasteiger partial charge in [-0.25, -0.2) is 9.78 Å².